The smallest absolute Gasteiger partial charge is 0.239 e. The van der Waals surface area contributed by atoms with Gasteiger partial charge in [-0.1, -0.05) is 35.9 Å². The molecule has 0 aromatic heterocycles. The van der Waals surface area contributed by atoms with Gasteiger partial charge in [0.1, 0.15) is 5.75 Å². The molecule has 26 heavy (non-hydrogen) atoms. The van der Waals surface area contributed by atoms with Crippen molar-refractivity contribution in [1.82, 2.24) is 4.31 Å². The fraction of sp³-hybridized carbons (Fsp3) is 0.316. The van der Waals surface area contributed by atoms with Crippen LogP contribution in [0.2, 0.25) is 0 Å². The highest BCUT2D eigenvalue weighted by atomic mass is 32.2. The van der Waals surface area contributed by atoms with Crippen molar-refractivity contribution in [3.8, 4) is 5.75 Å². The molecule has 0 aliphatic carbocycles. The minimum atomic E-state index is -3.55. The second-order valence-electron chi connectivity index (χ2n) is 6.27. The number of rotatable bonds is 7. The number of methoxy groups -OCH3 is 1. The zero-order valence-corrected chi connectivity index (χ0v) is 16.3. The van der Waals surface area contributed by atoms with Gasteiger partial charge in [0.2, 0.25) is 15.9 Å². The quantitative estimate of drug-likeness (QED) is 0.806. The standard InChI is InChI=1S/C19H24N2O4S/c1-14-6-5-7-16(10-14)12-21(26(4,23)24)13-19(22)20-17-11-15(2)8-9-18(17)25-3/h5-11H,12-13H2,1-4H3,(H,20,22). The van der Waals surface area contributed by atoms with Gasteiger partial charge >= 0.3 is 0 Å². The Kier molecular flexibility index (Phi) is 6.39. The van der Waals surface area contributed by atoms with E-state index in [2.05, 4.69) is 5.32 Å². The average molecular weight is 376 g/mol. The summed E-state index contributed by atoms with van der Waals surface area (Å²) in [6.45, 7) is 3.70. The van der Waals surface area contributed by atoms with Crippen LogP contribution in [0.25, 0.3) is 0 Å². The average Bonchev–Trinajstić information content (AvgIpc) is 2.53. The first kappa shape index (κ1) is 19.9. The molecule has 2 aromatic carbocycles. The molecular formula is C19H24N2O4S. The van der Waals surface area contributed by atoms with E-state index in [9.17, 15) is 13.2 Å². The van der Waals surface area contributed by atoms with Crippen LogP contribution in [0.15, 0.2) is 42.5 Å². The van der Waals surface area contributed by atoms with Crippen molar-refractivity contribution in [2.75, 3.05) is 25.2 Å². The van der Waals surface area contributed by atoms with Crippen LogP contribution < -0.4 is 10.1 Å². The molecule has 0 saturated heterocycles. The van der Waals surface area contributed by atoms with Gasteiger partial charge in [-0.2, -0.15) is 4.31 Å². The first-order valence-electron chi connectivity index (χ1n) is 8.14. The van der Waals surface area contributed by atoms with Crippen molar-refractivity contribution in [1.29, 1.82) is 0 Å². The Bertz CT molecular complexity index is 894. The highest BCUT2D eigenvalue weighted by molar-refractivity contribution is 7.88. The van der Waals surface area contributed by atoms with Crippen LogP contribution in [0.1, 0.15) is 16.7 Å². The Balaban J connectivity index is 2.16. The van der Waals surface area contributed by atoms with Crippen molar-refractivity contribution < 1.29 is 17.9 Å². The van der Waals surface area contributed by atoms with Gasteiger partial charge in [0.25, 0.3) is 0 Å². The third-order valence-electron chi connectivity index (χ3n) is 3.86. The molecule has 0 unspecified atom stereocenters. The molecule has 0 atom stereocenters. The lowest BCUT2D eigenvalue weighted by Crippen LogP contribution is -2.37. The van der Waals surface area contributed by atoms with E-state index >= 15 is 0 Å². The lowest BCUT2D eigenvalue weighted by molar-refractivity contribution is -0.116. The molecule has 1 amide bonds. The first-order valence-corrected chi connectivity index (χ1v) is 9.99. The largest absolute Gasteiger partial charge is 0.495 e. The predicted molar refractivity (Wildman–Crippen MR) is 103 cm³/mol. The maximum absolute atomic E-state index is 12.4. The number of hydrogen-bond acceptors (Lipinski definition) is 4. The zero-order valence-electron chi connectivity index (χ0n) is 15.4. The van der Waals surface area contributed by atoms with Gasteiger partial charge in [0.15, 0.2) is 0 Å². The van der Waals surface area contributed by atoms with Crippen LogP contribution in [0.4, 0.5) is 5.69 Å². The Labute approximate surface area is 154 Å². The summed E-state index contributed by atoms with van der Waals surface area (Å²) in [5.74, 6) is 0.0977. The number of anilines is 1. The molecule has 6 nitrogen and oxygen atoms in total. The molecule has 0 aliphatic heterocycles. The van der Waals surface area contributed by atoms with E-state index in [0.717, 1.165) is 27.3 Å². The highest BCUT2D eigenvalue weighted by Crippen LogP contribution is 2.25. The lowest BCUT2D eigenvalue weighted by Gasteiger charge is -2.20. The Morgan fingerprint density at radius 3 is 2.42 bits per heavy atom. The summed E-state index contributed by atoms with van der Waals surface area (Å²) in [7, 11) is -2.03. The van der Waals surface area contributed by atoms with E-state index in [-0.39, 0.29) is 13.1 Å². The van der Waals surface area contributed by atoms with Crippen molar-refractivity contribution in [2.45, 2.75) is 20.4 Å². The van der Waals surface area contributed by atoms with Gasteiger partial charge in [-0.05, 0) is 37.1 Å². The second-order valence-corrected chi connectivity index (χ2v) is 8.25. The fourth-order valence-electron chi connectivity index (χ4n) is 2.57. The number of nitrogens with zero attached hydrogens (tertiary/aromatic N) is 1. The van der Waals surface area contributed by atoms with Gasteiger partial charge in [0.05, 0.1) is 25.6 Å². The summed E-state index contributed by atoms with van der Waals surface area (Å²) in [6.07, 6.45) is 1.10. The molecule has 0 heterocycles. The zero-order chi connectivity index (χ0) is 19.3. The fourth-order valence-corrected chi connectivity index (χ4v) is 3.31. The Morgan fingerprint density at radius 2 is 1.81 bits per heavy atom. The number of carbonyl (C=O) groups is 1. The van der Waals surface area contributed by atoms with E-state index in [0.29, 0.717) is 11.4 Å². The Hall–Kier alpha value is -2.38. The van der Waals surface area contributed by atoms with Gasteiger partial charge in [-0.15, -0.1) is 0 Å². The van der Waals surface area contributed by atoms with Crippen LogP contribution in [-0.4, -0.2) is 38.5 Å². The number of nitrogens with one attached hydrogen (secondary N) is 1. The molecule has 0 radical (unpaired) electrons. The molecule has 0 aliphatic rings. The number of hydrogen-bond donors (Lipinski definition) is 1. The molecular weight excluding hydrogens is 352 g/mol. The second kappa shape index (κ2) is 8.33. The van der Waals surface area contributed by atoms with E-state index in [4.69, 9.17) is 4.74 Å². The predicted octanol–water partition coefficient (Wildman–Crippen LogP) is 2.71. The minimum absolute atomic E-state index is 0.138. The van der Waals surface area contributed by atoms with E-state index < -0.39 is 15.9 Å². The summed E-state index contributed by atoms with van der Waals surface area (Å²) >= 11 is 0. The normalized spacial score (nSPS) is 11.4. The van der Waals surface area contributed by atoms with Gasteiger partial charge in [-0.25, -0.2) is 8.42 Å². The number of carbonyl (C=O) groups excluding carboxylic acids is 1. The molecule has 0 bridgehead atoms. The summed E-state index contributed by atoms with van der Waals surface area (Å²) in [6, 6.07) is 12.9. The molecule has 140 valence electrons. The monoisotopic (exact) mass is 376 g/mol. The lowest BCUT2D eigenvalue weighted by atomic mass is 10.1. The van der Waals surface area contributed by atoms with E-state index in [1.54, 1.807) is 12.1 Å². The summed E-state index contributed by atoms with van der Waals surface area (Å²) in [4.78, 5) is 12.4. The first-order chi connectivity index (χ1) is 12.2. The Morgan fingerprint density at radius 1 is 1.12 bits per heavy atom. The van der Waals surface area contributed by atoms with Crippen molar-refractivity contribution in [2.24, 2.45) is 0 Å². The molecule has 0 spiro atoms. The van der Waals surface area contributed by atoms with Crippen LogP contribution >= 0.6 is 0 Å². The van der Waals surface area contributed by atoms with Gasteiger partial charge < -0.3 is 10.1 Å². The van der Waals surface area contributed by atoms with E-state index in [1.807, 2.05) is 44.2 Å². The van der Waals surface area contributed by atoms with Crippen LogP contribution in [0.5, 0.6) is 5.75 Å². The molecule has 1 N–H and O–H groups in total. The topological polar surface area (TPSA) is 75.7 Å². The van der Waals surface area contributed by atoms with Gasteiger partial charge in [-0.3, -0.25) is 4.79 Å². The maximum Gasteiger partial charge on any atom is 0.239 e. The van der Waals surface area contributed by atoms with Crippen LogP contribution in [-0.2, 0) is 21.4 Å². The van der Waals surface area contributed by atoms with Crippen LogP contribution in [0, 0.1) is 13.8 Å². The number of benzene rings is 2. The van der Waals surface area contributed by atoms with Crippen molar-refractivity contribution in [3.05, 3.63) is 59.2 Å². The molecule has 0 saturated carbocycles. The third-order valence-corrected chi connectivity index (χ3v) is 5.06. The third kappa shape index (κ3) is 5.57. The summed E-state index contributed by atoms with van der Waals surface area (Å²) < 4.78 is 30.6. The SMILES string of the molecule is COc1ccc(C)cc1NC(=O)CN(Cc1cccc(C)c1)S(C)(=O)=O. The molecule has 2 rings (SSSR count). The molecule has 2 aromatic rings. The number of sulfonamides is 1. The van der Waals surface area contributed by atoms with Crippen molar-refractivity contribution >= 4 is 21.6 Å². The van der Waals surface area contributed by atoms with E-state index in [1.165, 1.54) is 7.11 Å². The highest BCUT2D eigenvalue weighted by Gasteiger charge is 2.21. The number of amides is 1. The molecule has 7 heteroatoms. The summed E-state index contributed by atoms with van der Waals surface area (Å²) in [5, 5.41) is 2.73. The van der Waals surface area contributed by atoms with Crippen molar-refractivity contribution in [3.63, 3.8) is 0 Å². The van der Waals surface area contributed by atoms with Gasteiger partial charge in [0, 0.05) is 6.54 Å². The minimum Gasteiger partial charge on any atom is -0.495 e. The van der Waals surface area contributed by atoms with Crippen LogP contribution in [0.3, 0.4) is 0 Å². The summed E-state index contributed by atoms with van der Waals surface area (Å²) in [5.41, 5.74) is 3.34. The number of ether oxygens (including phenoxy) is 1. The maximum atomic E-state index is 12.4. The molecule has 0 fully saturated rings. The number of aryl methyl sites for hydroxylation is 2.